The summed E-state index contributed by atoms with van der Waals surface area (Å²) in [6, 6.07) is 3.13. The van der Waals surface area contributed by atoms with E-state index in [1.165, 1.54) is 45.2 Å². The van der Waals surface area contributed by atoms with Crippen LogP contribution in [0.1, 0.15) is 52.9 Å². The summed E-state index contributed by atoms with van der Waals surface area (Å²) >= 11 is 0. The van der Waals surface area contributed by atoms with E-state index >= 15 is 0 Å². The second kappa shape index (κ2) is 6.55. The lowest BCUT2D eigenvalue weighted by Crippen LogP contribution is -2.58. The summed E-state index contributed by atoms with van der Waals surface area (Å²) < 4.78 is 0. The van der Waals surface area contributed by atoms with Crippen LogP contribution >= 0.6 is 0 Å². The number of nitrogens with zero attached hydrogens (tertiary/aromatic N) is 2. The van der Waals surface area contributed by atoms with Gasteiger partial charge in [-0.1, -0.05) is 20.8 Å². The van der Waals surface area contributed by atoms with Crippen LogP contribution in [0.2, 0.25) is 0 Å². The van der Waals surface area contributed by atoms with Crippen molar-refractivity contribution in [3.05, 3.63) is 0 Å². The Morgan fingerprint density at radius 3 is 2.57 bits per heavy atom. The quantitative estimate of drug-likeness (QED) is 0.863. The molecule has 0 amide bonds. The summed E-state index contributed by atoms with van der Waals surface area (Å²) in [5.41, 5.74) is 0. The highest BCUT2D eigenvalue weighted by atomic mass is 15.3. The Bertz CT molecular complexity index is 345. The molecule has 21 heavy (non-hydrogen) atoms. The van der Waals surface area contributed by atoms with E-state index in [9.17, 15) is 0 Å². The molecule has 3 nitrogen and oxygen atoms in total. The lowest BCUT2D eigenvalue weighted by atomic mass is 9.75. The van der Waals surface area contributed by atoms with E-state index in [1.807, 2.05) is 0 Å². The standard InChI is InChI=1S/C18H35N3/c1-5-19-17-11-13(2)10-14(3)18(17)21-9-8-15-6-7-16(12-21)20(15)4/h13-19H,5-12H2,1-4H3. The molecule has 3 aliphatic rings. The van der Waals surface area contributed by atoms with Crippen molar-refractivity contribution < 1.29 is 0 Å². The predicted octanol–water partition coefficient (Wildman–Crippen LogP) is 2.57. The third kappa shape index (κ3) is 3.16. The Balaban J connectivity index is 1.73. The summed E-state index contributed by atoms with van der Waals surface area (Å²) in [5, 5.41) is 3.81. The fourth-order valence-electron chi connectivity index (χ4n) is 5.53. The van der Waals surface area contributed by atoms with Gasteiger partial charge < -0.3 is 5.32 Å². The lowest BCUT2D eigenvalue weighted by Gasteiger charge is -2.46. The Kier molecular flexibility index (Phi) is 4.92. The van der Waals surface area contributed by atoms with Crippen LogP contribution in [-0.2, 0) is 0 Å². The number of nitrogens with one attached hydrogen (secondary N) is 1. The molecule has 3 heteroatoms. The van der Waals surface area contributed by atoms with Gasteiger partial charge in [-0.2, -0.15) is 0 Å². The second-order valence-corrected chi connectivity index (χ2v) is 8.04. The molecule has 0 aromatic heterocycles. The third-order valence-electron chi connectivity index (χ3n) is 6.49. The molecule has 1 saturated carbocycles. The van der Waals surface area contributed by atoms with Crippen LogP contribution in [0.4, 0.5) is 0 Å². The van der Waals surface area contributed by atoms with Crippen LogP contribution < -0.4 is 5.32 Å². The highest BCUT2D eigenvalue weighted by molar-refractivity contribution is 4.98. The Hall–Kier alpha value is -0.120. The number of likely N-dealkylation sites (N-methyl/N-ethyl adjacent to an activating group) is 2. The molecule has 0 aromatic rings. The van der Waals surface area contributed by atoms with Crippen molar-refractivity contribution >= 4 is 0 Å². The minimum Gasteiger partial charge on any atom is -0.313 e. The van der Waals surface area contributed by atoms with Crippen molar-refractivity contribution in [2.75, 3.05) is 26.7 Å². The summed E-state index contributed by atoms with van der Waals surface area (Å²) in [5.74, 6) is 1.71. The van der Waals surface area contributed by atoms with Gasteiger partial charge in [0.15, 0.2) is 0 Å². The van der Waals surface area contributed by atoms with Crippen LogP contribution in [-0.4, -0.2) is 60.6 Å². The molecule has 3 fully saturated rings. The summed E-state index contributed by atoms with van der Waals surface area (Å²) in [6.45, 7) is 10.9. The average Bonchev–Trinajstić information content (AvgIpc) is 2.65. The van der Waals surface area contributed by atoms with E-state index in [2.05, 4.69) is 42.9 Å². The molecule has 2 heterocycles. The van der Waals surface area contributed by atoms with Gasteiger partial charge >= 0.3 is 0 Å². The maximum Gasteiger partial charge on any atom is 0.0275 e. The van der Waals surface area contributed by atoms with Gasteiger partial charge in [-0.3, -0.25) is 9.80 Å². The molecule has 3 rings (SSSR count). The molecule has 0 radical (unpaired) electrons. The van der Waals surface area contributed by atoms with E-state index in [0.717, 1.165) is 36.5 Å². The molecule has 2 aliphatic heterocycles. The summed E-state index contributed by atoms with van der Waals surface area (Å²) in [7, 11) is 2.36. The number of likely N-dealkylation sites (tertiary alicyclic amines) is 1. The molecule has 1 aliphatic carbocycles. The van der Waals surface area contributed by atoms with E-state index in [4.69, 9.17) is 0 Å². The molecule has 6 atom stereocenters. The SMILES string of the molecule is CCNC1CC(C)CC(C)C1N1CCC2CCC(C1)N2C. The fraction of sp³-hybridized carbons (Fsp3) is 1.00. The van der Waals surface area contributed by atoms with Crippen LogP contribution in [0.3, 0.4) is 0 Å². The molecular formula is C18H35N3. The van der Waals surface area contributed by atoms with Gasteiger partial charge in [-0.15, -0.1) is 0 Å². The fourth-order valence-corrected chi connectivity index (χ4v) is 5.53. The van der Waals surface area contributed by atoms with Crippen LogP contribution in [0.15, 0.2) is 0 Å². The van der Waals surface area contributed by atoms with Gasteiger partial charge in [0.2, 0.25) is 0 Å². The maximum atomic E-state index is 3.81. The molecular weight excluding hydrogens is 258 g/mol. The minimum absolute atomic E-state index is 0.704. The van der Waals surface area contributed by atoms with E-state index in [0.29, 0.717) is 6.04 Å². The zero-order valence-electron chi connectivity index (χ0n) is 14.5. The van der Waals surface area contributed by atoms with Gasteiger partial charge in [0.1, 0.15) is 0 Å². The first-order valence-corrected chi connectivity index (χ1v) is 9.29. The van der Waals surface area contributed by atoms with Crippen LogP contribution in [0, 0.1) is 11.8 Å². The number of rotatable bonds is 3. The Morgan fingerprint density at radius 2 is 1.81 bits per heavy atom. The van der Waals surface area contributed by atoms with Gasteiger partial charge in [0, 0.05) is 37.3 Å². The molecule has 1 N–H and O–H groups in total. The van der Waals surface area contributed by atoms with Gasteiger partial charge in [-0.05, 0) is 57.5 Å². The highest BCUT2D eigenvalue weighted by Crippen LogP contribution is 2.36. The van der Waals surface area contributed by atoms with Crippen molar-refractivity contribution in [3.8, 4) is 0 Å². The van der Waals surface area contributed by atoms with Gasteiger partial charge in [0.25, 0.3) is 0 Å². The third-order valence-corrected chi connectivity index (χ3v) is 6.49. The molecule has 0 spiro atoms. The first-order chi connectivity index (χ1) is 10.1. The van der Waals surface area contributed by atoms with Crippen molar-refractivity contribution in [1.82, 2.24) is 15.1 Å². The Morgan fingerprint density at radius 1 is 1.05 bits per heavy atom. The first-order valence-electron chi connectivity index (χ1n) is 9.29. The van der Waals surface area contributed by atoms with E-state index in [-0.39, 0.29) is 0 Å². The molecule has 0 aromatic carbocycles. The van der Waals surface area contributed by atoms with Crippen molar-refractivity contribution in [1.29, 1.82) is 0 Å². The van der Waals surface area contributed by atoms with Gasteiger partial charge in [-0.25, -0.2) is 0 Å². The largest absolute Gasteiger partial charge is 0.313 e. The van der Waals surface area contributed by atoms with Crippen LogP contribution in [0.5, 0.6) is 0 Å². The second-order valence-electron chi connectivity index (χ2n) is 8.04. The molecule has 2 bridgehead atoms. The number of hydrogen-bond donors (Lipinski definition) is 1. The van der Waals surface area contributed by atoms with Crippen molar-refractivity contribution in [3.63, 3.8) is 0 Å². The lowest BCUT2D eigenvalue weighted by molar-refractivity contribution is 0.0553. The normalized spacial score (nSPS) is 45.7. The highest BCUT2D eigenvalue weighted by Gasteiger charge is 2.42. The zero-order valence-corrected chi connectivity index (χ0v) is 14.5. The number of hydrogen-bond acceptors (Lipinski definition) is 3. The maximum absolute atomic E-state index is 3.81. The monoisotopic (exact) mass is 293 g/mol. The van der Waals surface area contributed by atoms with E-state index in [1.54, 1.807) is 0 Å². The van der Waals surface area contributed by atoms with E-state index < -0.39 is 0 Å². The van der Waals surface area contributed by atoms with Crippen molar-refractivity contribution in [2.45, 2.75) is 77.0 Å². The zero-order chi connectivity index (χ0) is 15.0. The Labute approximate surface area is 131 Å². The topological polar surface area (TPSA) is 18.5 Å². The summed E-state index contributed by atoms with van der Waals surface area (Å²) in [4.78, 5) is 5.54. The molecule has 122 valence electrons. The van der Waals surface area contributed by atoms with Gasteiger partial charge in [0.05, 0.1) is 0 Å². The molecule has 6 unspecified atom stereocenters. The minimum atomic E-state index is 0.704. The average molecular weight is 293 g/mol. The first kappa shape index (κ1) is 15.8. The summed E-state index contributed by atoms with van der Waals surface area (Å²) in [6.07, 6.45) is 7.00. The van der Waals surface area contributed by atoms with Crippen molar-refractivity contribution in [2.24, 2.45) is 11.8 Å². The predicted molar refractivity (Wildman–Crippen MR) is 89.6 cm³/mol. The number of fused-ring (bicyclic) bond motifs is 2. The van der Waals surface area contributed by atoms with Crippen LogP contribution in [0.25, 0.3) is 0 Å². The smallest absolute Gasteiger partial charge is 0.0275 e. The molecule has 2 saturated heterocycles.